The predicted octanol–water partition coefficient (Wildman–Crippen LogP) is 0.900. The molecule has 0 saturated carbocycles. The Morgan fingerprint density at radius 2 is 2.23 bits per heavy atom. The fourth-order valence-electron chi connectivity index (χ4n) is 0.853. The minimum atomic E-state index is -0.773. The zero-order valence-corrected chi connectivity index (χ0v) is 6.87. The molecule has 1 aromatic rings. The minimum absolute atomic E-state index is 0.151. The van der Waals surface area contributed by atoms with Crippen LogP contribution in [0.25, 0.3) is 0 Å². The summed E-state index contributed by atoms with van der Waals surface area (Å²) in [5.74, 6) is -2.02. The first-order valence-corrected chi connectivity index (χ1v) is 3.42. The molecule has 0 amide bonds. The standard InChI is InChI=1S/C8H8FNO3/c1-13-8(12)4-2-6(10)5(9)3-7(4)11/h2-3,11H,10H2,1H3. The number of nitrogen functional groups attached to an aromatic ring is 1. The Bertz CT molecular complexity index is 351. The van der Waals surface area contributed by atoms with E-state index in [1.54, 1.807) is 0 Å². The van der Waals surface area contributed by atoms with Crippen molar-refractivity contribution in [3.05, 3.63) is 23.5 Å². The van der Waals surface area contributed by atoms with Crippen molar-refractivity contribution in [3.63, 3.8) is 0 Å². The van der Waals surface area contributed by atoms with Crippen molar-refractivity contribution in [2.75, 3.05) is 12.8 Å². The van der Waals surface area contributed by atoms with Crippen LogP contribution in [0.15, 0.2) is 12.1 Å². The topological polar surface area (TPSA) is 72.5 Å². The number of carbonyl (C=O) groups is 1. The van der Waals surface area contributed by atoms with Crippen molar-refractivity contribution in [2.45, 2.75) is 0 Å². The highest BCUT2D eigenvalue weighted by Crippen LogP contribution is 2.23. The van der Waals surface area contributed by atoms with Crippen LogP contribution in [-0.4, -0.2) is 18.2 Å². The number of benzene rings is 1. The van der Waals surface area contributed by atoms with Gasteiger partial charge in [-0.2, -0.15) is 0 Å². The quantitative estimate of drug-likeness (QED) is 0.387. The average Bonchev–Trinajstić information content (AvgIpc) is 2.10. The van der Waals surface area contributed by atoms with Gasteiger partial charge in [-0.25, -0.2) is 9.18 Å². The molecule has 1 aromatic carbocycles. The van der Waals surface area contributed by atoms with Gasteiger partial charge in [0.25, 0.3) is 0 Å². The van der Waals surface area contributed by atoms with Crippen LogP contribution >= 0.6 is 0 Å². The van der Waals surface area contributed by atoms with Gasteiger partial charge in [0.05, 0.1) is 12.8 Å². The van der Waals surface area contributed by atoms with Crippen LogP contribution in [0.1, 0.15) is 10.4 Å². The number of esters is 1. The van der Waals surface area contributed by atoms with Crippen LogP contribution in [0.4, 0.5) is 10.1 Å². The fraction of sp³-hybridized carbons (Fsp3) is 0.125. The lowest BCUT2D eigenvalue weighted by molar-refractivity contribution is 0.0597. The third-order valence-electron chi connectivity index (χ3n) is 1.52. The van der Waals surface area contributed by atoms with Gasteiger partial charge in [0, 0.05) is 6.07 Å². The molecule has 0 aliphatic heterocycles. The Balaban J connectivity index is 3.23. The summed E-state index contributed by atoms with van der Waals surface area (Å²) >= 11 is 0. The van der Waals surface area contributed by atoms with Crippen LogP contribution in [-0.2, 0) is 4.74 Å². The third-order valence-corrected chi connectivity index (χ3v) is 1.52. The molecular formula is C8H8FNO3. The third kappa shape index (κ3) is 1.69. The Morgan fingerprint density at radius 1 is 1.62 bits per heavy atom. The molecule has 0 spiro atoms. The number of phenols is 1. The number of phenolic OH excluding ortho intramolecular Hbond substituents is 1. The van der Waals surface area contributed by atoms with E-state index in [-0.39, 0.29) is 11.3 Å². The minimum Gasteiger partial charge on any atom is -0.507 e. The predicted molar refractivity (Wildman–Crippen MR) is 43.8 cm³/mol. The molecule has 0 unspecified atom stereocenters. The smallest absolute Gasteiger partial charge is 0.341 e. The van der Waals surface area contributed by atoms with E-state index >= 15 is 0 Å². The SMILES string of the molecule is COC(=O)c1cc(N)c(F)cc1O. The number of aromatic hydroxyl groups is 1. The second-order valence-corrected chi connectivity index (χ2v) is 2.38. The molecule has 0 fully saturated rings. The summed E-state index contributed by atoms with van der Waals surface area (Å²) in [4.78, 5) is 10.9. The highest BCUT2D eigenvalue weighted by Gasteiger charge is 2.14. The van der Waals surface area contributed by atoms with Crippen molar-refractivity contribution >= 4 is 11.7 Å². The van der Waals surface area contributed by atoms with Crippen molar-refractivity contribution in [1.29, 1.82) is 0 Å². The Kier molecular flexibility index (Phi) is 2.36. The van der Waals surface area contributed by atoms with Crippen molar-refractivity contribution in [3.8, 4) is 5.75 Å². The van der Waals surface area contributed by atoms with Gasteiger partial charge in [-0.3, -0.25) is 0 Å². The van der Waals surface area contributed by atoms with Crippen molar-refractivity contribution in [1.82, 2.24) is 0 Å². The van der Waals surface area contributed by atoms with Gasteiger partial charge in [-0.05, 0) is 6.07 Å². The molecule has 13 heavy (non-hydrogen) atoms. The van der Waals surface area contributed by atoms with Gasteiger partial charge in [0.1, 0.15) is 17.1 Å². The van der Waals surface area contributed by atoms with E-state index in [2.05, 4.69) is 4.74 Å². The van der Waals surface area contributed by atoms with Crippen LogP contribution in [0, 0.1) is 5.82 Å². The molecule has 1 rings (SSSR count). The first-order valence-electron chi connectivity index (χ1n) is 3.42. The molecule has 4 nitrogen and oxygen atoms in total. The summed E-state index contributed by atoms with van der Waals surface area (Å²) in [5.41, 5.74) is 4.83. The highest BCUT2D eigenvalue weighted by atomic mass is 19.1. The maximum absolute atomic E-state index is 12.7. The summed E-state index contributed by atoms with van der Waals surface area (Å²) in [6.07, 6.45) is 0. The van der Waals surface area contributed by atoms with E-state index in [9.17, 15) is 9.18 Å². The number of carbonyl (C=O) groups excluding carboxylic acids is 1. The van der Waals surface area contributed by atoms with Gasteiger partial charge in [0.15, 0.2) is 0 Å². The van der Waals surface area contributed by atoms with E-state index in [4.69, 9.17) is 10.8 Å². The molecule has 70 valence electrons. The molecule has 5 heteroatoms. The Morgan fingerprint density at radius 3 is 2.77 bits per heavy atom. The number of hydrogen-bond acceptors (Lipinski definition) is 4. The summed E-state index contributed by atoms with van der Waals surface area (Å²) in [5, 5.41) is 9.12. The lowest BCUT2D eigenvalue weighted by Gasteiger charge is -2.04. The van der Waals surface area contributed by atoms with Gasteiger partial charge < -0.3 is 15.6 Å². The number of halogens is 1. The maximum Gasteiger partial charge on any atom is 0.341 e. The van der Waals surface area contributed by atoms with Crippen LogP contribution in [0.3, 0.4) is 0 Å². The maximum atomic E-state index is 12.7. The van der Waals surface area contributed by atoms with E-state index in [1.807, 2.05) is 0 Å². The lowest BCUT2D eigenvalue weighted by Crippen LogP contribution is -2.03. The van der Waals surface area contributed by atoms with Crippen LogP contribution in [0.5, 0.6) is 5.75 Å². The largest absolute Gasteiger partial charge is 0.507 e. The van der Waals surface area contributed by atoms with Gasteiger partial charge >= 0.3 is 5.97 Å². The first kappa shape index (κ1) is 9.31. The number of methoxy groups -OCH3 is 1. The molecular weight excluding hydrogens is 177 g/mol. The van der Waals surface area contributed by atoms with Crippen LogP contribution in [0.2, 0.25) is 0 Å². The molecule has 0 heterocycles. The van der Waals surface area contributed by atoms with Crippen LogP contribution < -0.4 is 5.73 Å². The van der Waals surface area contributed by atoms with E-state index in [1.165, 1.54) is 0 Å². The molecule has 0 bridgehead atoms. The summed E-state index contributed by atoms with van der Waals surface area (Å²) < 4.78 is 17.0. The average molecular weight is 185 g/mol. The zero-order valence-electron chi connectivity index (χ0n) is 6.87. The lowest BCUT2D eigenvalue weighted by atomic mass is 10.2. The molecule has 3 N–H and O–H groups in total. The molecule has 0 aliphatic carbocycles. The van der Waals surface area contributed by atoms with E-state index < -0.39 is 17.5 Å². The van der Waals surface area contributed by atoms with Crippen molar-refractivity contribution < 1.29 is 19.0 Å². The molecule has 0 saturated heterocycles. The molecule has 0 aliphatic rings. The Hall–Kier alpha value is -1.78. The summed E-state index contributed by atoms with van der Waals surface area (Å²) in [6, 6.07) is 1.79. The zero-order chi connectivity index (χ0) is 10.0. The first-order chi connectivity index (χ1) is 6.06. The monoisotopic (exact) mass is 185 g/mol. The fourth-order valence-corrected chi connectivity index (χ4v) is 0.853. The normalized spacial score (nSPS) is 9.69. The summed E-state index contributed by atoms with van der Waals surface area (Å²) in [6.45, 7) is 0. The number of hydrogen-bond donors (Lipinski definition) is 2. The van der Waals surface area contributed by atoms with E-state index in [0.29, 0.717) is 0 Å². The number of ether oxygens (including phenoxy) is 1. The van der Waals surface area contributed by atoms with Crippen molar-refractivity contribution in [2.24, 2.45) is 0 Å². The van der Waals surface area contributed by atoms with Gasteiger partial charge in [-0.15, -0.1) is 0 Å². The number of rotatable bonds is 1. The number of nitrogens with two attached hydrogens (primary N) is 1. The van der Waals surface area contributed by atoms with Gasteiger partial charge in [0.2, 0.25) is 0 Å². The number of anilines is 1. The second-order valence-electron chi connectivity index (χ2n) is 2.38. The molecule has 0 atom stereocenters. The van der Waals surface area contributed by atoms with E-state index in [0.717, 1.165) is 19.2 Å². The molecule has 0 radical (unpaired) electrons. The second kappa shape index (κ2) is 3.30. The van der Waals surface area contributed by atoms with Gasteiger partial charge in [-0.1, -0.05) is 0 Å². The highest BCUT2D eigenvalue weighted by molar-refractivity contribution is 5.93. The summed E-state index contributed by atoms with van der Waals surface area (Å²) in [7, 11) is 1.15. The molecule has 0 aromatic heterocycles. The Labute approximate surface area is 73.7 Å².